The van der Waals surface area contributed by atoms with Crippen molar-refractivity contribution in [1.82, 2.24) is 19.5 Å². The lowest BCUT2D eigenvalue weighted by Gasteiger charge is -2.13. The first-order valence-electron chi connectivity index (χ1n) is 12.5. The SMILES string of the molecule is COc1ccc(Cn2cnc(=O)c3[nH]c(C(C)COCc4ccccc4)nc32)cc1OCc1ccccc1. The molecule has 8 nitrogen and oxygen atoms in total. The lowest BCUT2D eigenvalue weighted by atomic mass is 10.2. The number of aromatic nitrogens is 4. The first-order chi connectivity index (χ1) is 18.6. The molecule has 1 atom stereocenters. The monoisotopic (exact) mass is 510 g/mol. The molecular formula is C30H30N4O4. The van der Waals surface area contributed by atoms with E-state index < -0.39 is 0 Å². The summed E-state index contributed by atoms with van der Waals surface area (Å²) in [6.07, 6.45) is 1.53. The molecule has 2 aromatic heterocycles. The summed E-state index contributed by atoms with van der Waals surface area (Å²) in [5, 5.41) is 0. The third-order valence-corrected chi connectivity index (χ3v) is 6.27. The minimum absolute atomic E-state index is 0.0297. The Morgan fingerprint density at radius 1 is 0.895 bits per heavy atom. The van der Waals surface area contributed by atoms with Gasteiger partial charge in [-0.25, -0.2) is 4.98 Å². The fourth-order valence-electron chi connectivity index (χ4n) is 4.20. The number of benzene rings is 3. The quantitative estimate of drug-likeness (QED) is 0.267. The Kier molecular flexibility index (Phi) is 7.80. The number of aromatic amines is 1. The predicted molar refractivity (Wildman–Crippen MR) is 146 cm³/mol. The third-order valence-electron chi connectivity index (χ3n) is 6.27. The summed E-state index contributed by atoms with van der Waals surface area (Å²) < 4.78 is 19.3. The van der Waals surface area contributed by atoms with Crippen molar-refractivity contribution in [1.29, 1.82) is 0 Å². The molecule has 38 heavy (non-hydrogen) atoms. The summed E-state index contributed by atoms with van der Waals surface area (Å²) in [6.45, 7) is 3.89. The standard InChI is InChI=1S/C30H30N4O4/c1-21(17-37-18-22-9-5-3-6-10-22)28-32-27-29(33-28)34(20-31-30(27)35)16-24-13-14-25(36-2)26(15-24)38-19-23-11-7-4-8-12-23/h3-15,20-21H,16-19H2,1-2H3,(H,32,33). The normalized spacial score (nSPS) is 11.9. The molecule has 0 amide bonds. The number of rotatable bonds is 11. The minimum Gasteiger partial charge on any atom is -0.493 e. The summed E-state index contributed by atoms with van der Waals surface area (Å²) in [5.41, 5.74) is 3.74. The van der Waals surface area contributed by atoms with Gasteiger partial charge in [0.25, 0.3) is 5.56 Å². The number of nitrogens with zero attached hydrogens (tertiary/aromatic N) is 3. The number of fused-ring (bicyclic) bond motifs is 1. The van der Waals surface area contributed by atoms with Crippen LogP contribution in [0.4, 0.5) is 0 Å². The van der Waals surface area contributed by atoms with E-state index in [4.69, 9.17) is 19.2 Å². The van der Waals surface area contributed by atoms with Crippen molar-refractivity contribution in [2.45, 2.75) is 32.6 Å². The number of methoxy groups -OCH3 is 1. The van der Waals surface area contributed by atoms with Crippen molar-refractivity contribution in [2.24, 2.45) is 0 Å². The highest BCUT2D eigenvalue weighted by atomic mass is 16.5. The van der Waals surface area contributed by atoms with Crippen LogP contribution in [0.3, 0.4) is 0 Å². The van der Waals surface area contributed by atoms with Crippen molar-refractivity contribution in [3.8, 4) is 11.5 Å². The van der Waals surface area contributed by atoms with Gasteiger partial charge in [-0.05, 0) is 28.8 Å². The first-order valence-corrected chi connectivity index (χ1v) is 12.5. The fraction of sp³-hybridized carbons (Fsp3) is 0.233. The molecule has 5 aromatic rings. The van der Waals surface area contributed by atoms with Gasteiger partial charge in [0, 0.05) is 5.92 Å². The maximum absolute atomic E-state index is 12.5. The second-order valence-corrected chi connectivity index (χ2v) is 9.16. The highest BCUT2D eigenvalue weighted by Gasteiger charge is 2.16. The Hall–Kier alpha value is -4.43. The molecule has 0 radical (unpaired) electrons. The topological polar surface area (TPSA) is 91.3 Å². The molecule has 2 heterocycles. The Balaban J connectivity index is 1.33. The van der Waals surface area contributed by atoms with E-state index in [0.29, 0.717) is 54.9 Å². The van der Waals surface area contributed by atoms with Crippen molar-refractivity contribution in [3.63, 3.8) is 0 Å². The van der Waals surface area contributed by atoms with Gasteiger partial charge in [-0.15, -0.1) is 0 Å². The maximum Gasteiger partial charge on any atom is 0.298 e. The summed E-state index contributed by atoms with van der Waals surface area (Å²) in [6, 6.07) is 25.8. The lowest BCUT2D eigenvalue weighted by molar-refractivity contribution is 0.109. The molecule has 3 aromatic carbocycles. The van der Waals surface area contributed by atoms with Gasteiger partial charge in [0.1, 0.15) is 18.8 Å². The highest BCUT2D eigenvalue weighted by molar-refractivity contribution is 5.70. The molecular weight excluding hydrogens is 480 g/mol. The Morgan fingerprint density at radius 2 is 1.61 bits per heavy atom. The number of hydrogen-bond acceptors (Lipinski definition) is 6. The van der Waals surface area contributed by atoms with Crippen LogP contribution in [0.15, 0.2) is 90.0 Å². The van der Waals surface area contributed by atoms with E-state index in [1.54, 1.807) is 7.11 Å². The summed E-state index contributed by atoms with van der Waals surface area (Å²) >= 11 is 0. The summed E-state index contributed by atoms with van der Waals surface area (Å²) in [4.78, 5) is 24.5. The van der Waals surface area contributed by atoms with Crippen LogP contribution >= 0.6 is 0 Å². The van der Waals surface area contributed by atoms with Crippen LogP contribution in [0, 0.1) is 0 Å². The van der Waals surface area contributed by atoms with Gasteiger partial charge < -0.3 is 23.8 Å². The number of hydrogen-bond donors (Lipinski definition) is 1. The largest absolute Gasteiger partial charge is 0.493 e. The molecule has 194 valence electrons. The molecule has 1 N–H and O–H groups in total. The van der Waals surface area contributed by atoms with Crippen molar-refractivity contribution < 1.29 is 14.2 Å². The number of nitrogens with one attached hydrogen (secondary N) is 1. The smallest absolute Gasteiger partial charge is 0.298 e. The molecule has 0 aliphatic carbocycles. The van der Waals surface area contributed by atoms with Crippen LogP contribution in [-0.4, -0.2) is 33.2 Å². The van der Waals surface area contributed by atoms with Crippen LogP contribution in [0.2, 0.25) is 0 Å². The zero-order valence-corrected chi connectivity index (χ0v) is 21.5. The fourth-order valence-corrected chi connectivity index (χ4v) is 4.20. The number of H-pyrrole nitrogens is 1. The van der Waals surface area contributed by atoms with Crippen LogP contribution in [0.1, 0.15) is 35.4 Å². The van der Waals surface area contributed by atoms with E-state index in [9.17, 15) is 4.79 Å². The van der Waals surface area contributed by atoms with Crippen LogP contribution < -0.4 is 15.0 Å². The second kappa shape index (κ2) is 11.7. The Bertz CT molecular complexity index is 1550. The number of imidazole rings is 1. The van der Waals surface area contributed by atoms with Crippen LogP contribution in [-0.2, 0) is 24.5 Å². The van der Waals surface area contributed by atoms with Gasteiger partial charge in [-0.3, -0.25) is 4.79 Å². The zero-order chi connectivity index (χ0) is 26.3. The van der Waals surface area contributed by atoms with E-state index in [0.717, 1.165) is 16.7 Å². The molecule has 0 aliphatic rings. The lowest BCUT2D eigenvalue weighted by Crippen LogP contribution is -2.13. The van der Waals surface area contributed by atoms with Gasteiger partial charge in [0.15, 0.2) is 22.7 Å². The average molecular weight is 511 g/mol. The van der Waals surface area contributed by atoms with E-state index >= 15 is 0 Å². The van der Waals surface area contributed by atoms with Gasteiger partial charge in [-0.2, -0.15) is 4.98 Å². The molecule has 5 rings (SSSR count). The highest BCUT2D eigenvalue weighted by Crippen LogP contribution is 2.29. The van der Waals surface area contributed by atoms with E-state index in [1.807, 2.05) is 90.4 Å². The second-order valence-electron chi connectivity index (χ2n) is 9.16. The van der Waals surface area contributed by atoms with E-state index in [1.165, 1.54) is 6.33 Å². The van der Waals surface area contributed by atoms with E-state index in [-0.39, 0.29) is 11.5 Å². The van der Waals surface area contributed by atoms with Crippen molar-refractivity contribution >= 4 is 11.2 Å². The Morgan fingerprint density at radius 3 is 2.32 bits per heavy atom. The Labute approximate surface area is 220 Å². The maximum atomic E-state index is 12.5. The average Bonchev–Trinajstić information content (AvgIpc) is 3.42. The predicted octanol–water partition coefficient (Wildman–Crippen LogP) is 5.08. The molecule has 0 spiro atoms. The summed E-state index contributed by atoms with van der Waals surface area (Å²) in [5.74, 6) is 1.96. The number of ether oxygens (including phenoxy) is 3. The van der Waals surface area contributed by atoms with Crippen LogP contribution in [0.5, 0.6) is 11.5 Å². The molecule has 0 saturated carbocycles. The molecule has 0 bridgehead atoms. The minimum atomic E-state index is -0.339. The van der Waals surface area contributed by atoms with Gasteiger partial charge in [-0.1, -0.05) is 73.7 Å². The summed E-state index contributed by atoms with van der Waals surface area (Å²) in [7, 11) is 1.62. The third kappa shape index (κ3) is 5.92. The first kappa shape index (κ1) is 25.2. The molecule has 1 unspecified atom stereocenters. The molecule has 0 aliphatic heterocycles. The van der Waals surface area contributed by atoms with Crippen LogP contribution in [0.25, 0.3) is 11.2 Å². The molecule has 0 saturated heterocycles. The van der Waals surface area contributed by atoms with E-state index in [2.05, 4.69) is 9.97 Å². The van der Waals surface area contributed by atoms with Crippen molar-refractivity contribution in [3.05, 3.63) is 118 Å². The molecule has 0 fully saturated rings. The van der Waals surface area contributed by atoms with Crippen molar-refractivity contribution in [2.75, 3.05) is 13.7 Å². The van der Waals surface area contributed by atoms with Gasteiger partial charge >= 0.3 is 0 Å². The van der Waals surface area contributed by atoms with Gasteiger partial charge in [0.2, 0.25) is 0 Å². The molecule has 8 heteroatoms. The zero-order valence-electron chi connectivity index (χ0n) is 21.5. The van der Waals surface area contributed by atoms with Gasteiger partial charge in [0.05, 0.1) is 26.9 Å².